The van der Waals surface area contributed by atoms with Crippen molar-refractivity contribution >= 4 is 28.3 Å². The van der Waals surface area contributed by atoms with Crippen LogP contribution in [0.25, 0.3) is 10.8 Å². The standard InChI is InChI=1S/C19H22N2O2/c1-21(17-9-3-2-4-10-17)19(23)18(22)20-16-12-11-14-7-5-6-8-15(14)13-16/h5-8,11-13,17H,2-4,9-10H2,1H3,(H,20,22). The van der Waals surface area contributed by atoms with Crippen LogP contribution < -0.4 is 5.32 Å². The lowest BCUT2D eigenvalue weighted by molar-refractivity contribution is -0.144. The third kappa shape index (κ3) is 3.52. The molecule has 2 aromatic rings. The molecule has 4 nitrogen and oxygen atoms in total. The number of likely N-dealkylation sites (N-methyl/N-ethyl adjacent to an activating group) is 1. The molecule has 4 heteroatoms. The molecule has 1 N–H and O–H groups in total. The molecular formula is C19H22N2O2. The molecule has 0 bridgehead atoms. The zero-order valence-corrected chi connectivity index (χ0v) is 13.4. The number of hydrogen-bond donors (Lipinski definition) is 1. The monoisotopic (exact) mass is 310 g/mol. The fraction of sp³-hybridized carbons (Fsp3) is 0.368. The van der Waals surface area contributed by atoms with Crippen molar-refractivity contribution in [2.24, 2.45) is 0 Å². The molecule has 1 aliphatic carbocycles. The zero-order valence-electron chi connectivity index (χ0n) is 13.4. The molecule has 1 aliphatic rings. The Morgan fingerprint density at radius 1 is 1.00 bits per heavy atom. The summed E-state index contributed by atoms with van der Waals surface area (Å²) in [5.74, 6) is -1.02. The quantitative estimate of drug-likeness (QED) is 0.862. The van der Waals surface area contributed by atoms with Gasteiger partial charge in [-0.3, -0.25) is 9.59 Å². The van der Waals surface area contributed by atoms with E-state index in [0.29, 0.717) is 5.69 Å². The van der Waals surface area contributed by atoms with E-state index in [4.69, 9.17) is 0 Å². The summed E-state index contributed by atoms with van der Waals surface area (Å²) in [6, 6.07) is 13.8. The highest BCUT2D eigenvalue weighted by atomic mass is 16.2. The fourth-order valence-corrected chi connectivity index (χ4v) is 3.25. The highest BCUT2D eigenvalue weighted by molar-refractivity contribution is 6.39. The number of nitrogens with zero attached hydrogens (tertiary/aromatic N) is 1. The minimum absolute atomic E-state index is 0.193. The van der Waals surface area contributed by atoms with Crippen LogP contribution in [0.4, 0.5) is 5.69 Å². The Morgan fingerprint density at radius 2 is 1.70 bits per heavy atom. The first-order valence-corrected chi connectivity index (χ1v) is 8.22. The van der Waals surface area contributed by atoms with Crippen LogP contribution in [-0.4, -0.2) is 29.8 Å². The second-order valence-corrected chi connectivity index (χ2v) is 6.22. The van der Waals surface area contributed by atoms with E-state index in [1.807, 2.05) is 42.5 Å². The summed E-state index contributed by atoms with van der Waals surface area (Å²) in [5, 5.41) is 4.87. The number of rotatable bonds is 2. The first kappa shape index (κ1) is 15.5. The molecule has 0 aliphatic heterocycles. The number of carbonyl (C=O) groups is 2. The Morgan fingerprint density at radius 3 is 2.43 bits per heavy atom. The van der Waals surface area contributed by atoms with Crippen molar-refractivity contribution < 1.29 is 9.59 Å². The van der Waals surface area contributed by atoms with Gasteiger partial charge in [0.25, 0.3) is 0 Å². The summed E-state index contributed by atoms with van der Waals surface area (Å²) in [4.78, 5) is 26.2. The molecule has 0 atom stereocenters. The van der Waals surface area contributed by atoms with Crippen molar-refractivity contribution in [2.75, 3.05) is 12.4 Å². The molecule has 0 radical (unpaired) electrons. The number of nitrogens with one attached hydrogen (secondary N) is 1. The van der Waals surface area contributed by atoms with Gasteiger partial charge in [0.15, 0.2) is 0 Å². The predicted molar refractivity (Wildman–Crippen MR) is 92.2 cm³/mol. The van der Waals surface area contributed by atoms with Crippen LogP contribution in [0.3, 0.4) is 0 Å². The van der Waals surface area contributed by atoms with E-state index in [-0.39, 0.29) is 6.04 Å². The SMILES string of the molecule is CN(C(=O)C(=O)Nc1ccc2ccccc2c1)C1CCCCC1. The van der Waals surface area contributed by atoms with Crippen molar-refractivity contribution in [1.82, 2.24) is 4.90 Å². The largest absolute Gasteiger partial charge is 0.335 e. The van der Waals surface area contributed by atoms with Crippen LogP contribution in [0.15, 0.2) is 42.5 Å². The van der Waals surface area contributed by atoms with Gasteiger partial charge < -0.3 is 10.2 Å². The summed E-state index contributed by atoms with van der Waals surface area (Å²) in [7, 11) is 1.73. The Bertz CT molecular complexity index is 720. The van der Waals surface area contributed by atoms with Crippen molar-refractivity contribution in [3.8, 4) is 0 Å². The minimum atomic E-state index is -0.562. The Balaban J connectivity index is 1.68. The molecule has 1 fully saturated rings. The van der Waals surface area contributed by atoms with Gasteiger partial charge in [-0.25, -0.2) is 0 Å². The number of anilines is 1. The molecule has 2 aromatic carbocycles. The predicted octanol–water partition coefficient (Wildman–Crippen LogP) is 3.57. The summed E-state index contributed by atoms with van der Waals surface area (Å²) < 4.78 is 0. The van der Waals surface area contributed by atoms with Gasteiger partial charge in [0.1, 0.15) is 0 Å². The second-order valence-electron chi connectivity index (χ2n) is 6.22. The van der Waals surface area contributed by atoms with Crippen LogP contribution in [0.1, 0.15) is 32.1 Å². The number of fused-ring (bicyclic) bond motifs is 1. The molecule has 0 spiro atoms. The van der Waals surface area contributed by atoms with Crippen molar-refractivity contribution in [2.45, 2.75) is 38.1 Å². The van der Waals surface area contributed by atoms with Crippen molar-refractivity contribution in [3.63, 3.8) is 0 Å². The van der Waals surface area contributed by atoms with E-state index < -0.39 is 11.8 Å². The van der Waals surface area contributed by atoms with Gasteiger partial charge >= 0.3 is 11.8 Å². The molecule has 0 aromatic heterocycles. The average molecular weight is 310 g/mol. The van der Waals surface area contributed by atoms with Gasteiger partial charge in [-0.15, -0.1) is 0 Å². The van der Waals surface area contributed by atoms with E-state index in [2.05, 4.69) is 5.32 Å². The van der Waals surface area contributed by atoms with Crippen LogP contribution in [0.2, 0.25) is 0 Å². The van der Waals surface area contributed by atoms with Gasteiger partial charge in [-0.2, -0.15) is 0 Å². The van der Waals surface area contributed by atoms with Crippen LogP contribution >= 0.6 is 0 Å². The smallest absolute Gasteiger partial charge is 0.313 e. The maximum absolute atomic E-state index is 12.3. The molecule has 0 unspecified atom stereocenters. The highest BCUT2D eigenvalue weighted by Crippen LogP contribution is 2.22. The van der Waals surface area contributed by atoms with Crippen LogP contribution in [0, 0.1) is 0 Å². The molecule has 0 saturated heterocycles. The molecule has 23 heavy (non-hydrogen) atoms. The Kier molecular flexibility index (Phi) is 4.60. The Labute approximate surface area is 136 Å². The maximum Gasteiger partial charge on any atom is 0.313 e. The fourth-order valence-electron chi connectivity index (χ4n) is 3.25. The summed E-state index contributed by atoms with van der Waals surface area (Å²) in [5.41, 5.74) is 0.652. The van der Waals surface area contributed by atoms with Gasteiger partial charge in [-0.05, 0) is 35.7 Å². The molecule has 1 saturated carbocycles. The third-order valence-corrected chi connectivity index (χ3v) is 4.64. The summed E-state index contributed by atoms with van der Waals surface area (Å²) >= 11 is 0. The topological polar surface area (TPSA) is 49.4 Å². The van der Waals surface area contributed by atoms with E-state index in [9.17, 15) is 9.59 Å². The molecule has 2 amide bonds. The third-order valence-electron chi connectivity index (χ3n) is 4.64. The molecule has 3 rings (SSSR count). The lowest BCUT2D eigenvalue weighted by Crippen LogP contribution is -2.44. The van der Waals surface area contributed by atoms with E-state index in [1.54, 1.807) is 11.9 Å². The second kappa shape index (κ2) is 6.82. The number of amides is 2. The van der Waals surface area contributed by atoms with E-state index >= 15 is 0 Å². The normalized spacial score (nSPS) is 15.3. The summed E-state index contributed by atoms with van der Waals surface area (Å²) in [6.45, 7) is 0. The molecule has 120 valence electrons. The first-order chi connectivity index (χ1) is 11.1. The van der Waals surface area contributed by atoms with Gasteiger partial charge in [0.2, 0.25) is 0 Å². The Hall–Kier alpha value is -2.36. The first-order valence-electron chi connectivity index (χ1n) is 8.22. The van der Waals surface area contributed by atoms with Crippen molar-refractivity contribution in [3.05, 3.63) is 42.5 Å². The lowest BCUT2D eigenvalue weighted by Gasteiger charge is -2.30. The summed E-state index contributed by atoms with van der Waals surface area (Å²) in [6.07, 6.45) is 5.47. The molecule has 0 heterocycles. The van der Waals surface area contributed by atoms with Gasteiger partial charge in [0.05, 0.1) is 0 Å². The van der Waals surface area contributed by atoms with Crippen LogP contribution in [0.5, 0.6) is 0 Å². The van der Waals surface area contributed by atoms with Crippen molar-refractivity contribution in [1.29, 1.82) is 0 Å². The maximum atomic E-state index is 12.3. The number of carbonyl (C=O) groups excluding carboxylic acids is 2. The van der Waals surface area contributed by atoms with E-state index in [1.165, 1.54) is 6.42 Å². The van der Waals surface area contributed by atoms with Crippen LogP contribution in [-0.2, 0) is 9.59 Å². The molecular weight excluding hydrogens is 288 g/mol. The average Bonchev–Trinajstić information content (AvgIpc) is 2.61. The highest BCUT2D eigenvalue weighted by Gasteiger charge is 2.26. The van der Waals surface area contributed by atoms with E-state index in [0.717, 1.165) is 36.5 Å². The minimum Gasteiger partial charge on any atom is -0.335 e. The lowest BCUT2D eigenvalue weighted by atomic mass is 9.94. The van der Waals surface area contributed by atoms with Gasteiger partial charge in [-0.1, -0.05) is 49.6 Å². The number of hydrogen-bond acceptors (Lipinski definition) is 2. The number of benzene rings is 2. The van der Waals surface area contributed by atoms with Gasteiger partial charge in [0, 0.05) is 18.8 Å². The zero-order chi connectivity index (χ0) is 16.2.